The van der Waals surface area contributed by atoms with Crippen LogP contribution in [0.2, 0.25) is 0 Å². The number of methoxy groups -OCH3 is 2. The molecular weight excluding hydrogens is 362 g/mol. The van der Waals surface area contributed by atoms with E-state index in [1.54, 1.807) is 14.2 Å². The van der Waals surface area contributed by atoms with Gasteiger partial charge in [0.05, 0.1) is 20.4 Å². The molecule has 4 N–H and O–H groups in total. The summed E-state index contributed by atoms with van der Waals surface area (Å²) in [5.74, 6) is 0.981. The normalized spacial score (nSPS) is 10.8. The van der Waals surface area contributed by atoms with Crippen molar-refractivity contribution in [2.24, 2.45) is 5.10 Å². The number of hydrogen-bond acceptors (Lipinski definition) is 7. The molecule has 0 unspecified atom stereocenters. The minimum absolute atomic E-state index is 0.0437. The van der Waals surface area contributed by atoms with Gasteiger partial charge in [0, 0.05) is 24.6 Å². The zero-order valence-corrected chi connectivity index (χ0v) is 15.9. The molecule has 1 amide bonds. The van der Waals surface area contributed by atoms with Crippen molar-refractivity contribution >= 4 is 12.1 Å². The van der Waals surface area contributed by atoms with Gasteiger partial charge in [-0.3, -0.25) is 4.79 Å². The molecule has 0 bridgehead atoms. The van der Waals surface area contributed by atoms with Crippen LogP contribution in [0.4, 0.5) is 0 Å². The van der Waals surface area contributed by atoms with Crippen LogP contribution in [0.5, 0.6) is 23.0 Å². The number of carbonyl (C=O) groups excluding carboxylic acids is 1. The third-order valence-corrected chi connectivity index (χ3v) is 3.97. The first-order chi connectivity index (χ1) is 13.5. The molecule has 28 heavy (non-hydrogen) atoms. The van der Waals surface area contributed by atoms with Gasteiger partial charge in [0.2, 0.25) is 5.91 Å². The summed E-state index contributed by atoms with van der Waals surface area (Å²) in [6.07, 6.45) is 2.38. The molecule has 0 saturated heterocycles. The van der Waals surface area contributed by atoms with Crippen molar-refractivity contribution in [2.45, 2.75) is 12.8 Å². The molecule has 0 atom stereocenters. The number of benzene rings is 2. The van der Waals surface area contributed by atoms with E-state index < -0.39 is 0 Å². The van der Waals surface area contributed by atoms with Gasteiger partial charge in [-0.25, -0.2) is 5.43 Å². The Morgan fingerprint density at radius 3 is 2.57 bits per heavy atom. The highest BCUT2D eigenvalue weighted by atomic mass is 16.5. The molecule has 0 aliphatic rings. The van der Waals surface area contributed by atoms with Crippen molar-refractivity contribution in [2.75, 3.05) is 27.3 Å². The van der Waals surface area contributed by atoms with E-state index in [-0.39, 0.29) is 23.8 Å². The molecule has 150 valence electrons. The van der Waals surface area contributed by atoms with Gasteiger partial charge in [0.25, 0.3) is 0 Å². The van der Waals surface area contributed by atoms with E-state index in [4.69, 9.17) is 9.47 Å². The average Bonchev–Trinajstić information content (AvgIpc) is 2.69. The van der Waals surface area contributed by atoms with Crippen LogP contribution in [0.25, 0.3) is 0 Å². The van der Waals surface area contributed by atoms with E-state index in [9.17, 15) is 15.0 Å². The molecule has 2 rings (SSSR count). The highest BCUT2D eigenvalue weighted by Gasteiger charge is 2.05. The number of rotatable bonds is 10. The zero-order chi connectivity index (χ0) is 20.4. The molecule has 0 aliphatic carbocycles. The van der Waals surface area contributed by atoms with Crippen LogP contribution < -0.4 is 20.2 Å². The second kappa shape index (κ2) is 10.8. The fraction of sp³-hybridized carbons (Fsp3) is 0.300. The summed E-state index contributed by atoms with van der Waals surface area (Å²) in [6, 6.07) is 9.89. The van der Waals surface area contributed by atoms with Crippen molar-refractivity contribution in [3.8, 4) is 23.0 Å². The van der Waals surface area contributed by atoms with Crippen molar-refractivity contribution in [1.82, 2.24) is 10.7 Å². The highest BCUT2D eigenvalue weighted by molar-refractivity contribution is 5.85. The minimum Gasteiger partial charge on any atom is -0.508 e. The Bertz CT molecular complexity index is 823. The van der Waals surface area contributed by atoms with Crippen molar-refractivity contribution in [1.29, 1.82) is 0 Å². The van der Waals surface area contributed by atoms with E-state index in [2.05, 4.69) is 15.8 Å². The number of nitrogens with zero attached hydrogens (tertiary/aromatic N) is 1. The van der Waals surface area contributed by atoms with Crippen LogP contribution in [-0.2, 0) is 11.2 Å². The molecule has 2 aromatic rings. The maximum atomic E-state index is 11.8. The number of ether oxygens (including phenoxy) is 2. The van der Waals surface area contributed by atoms with Gasteiger partial charge in [0.15, 0.2) is 11.5 Å². The molecule has 8 nitrogen and oxygen atoms in total. The lowest BCUT2D eigenvalue weighted by atomic mass is 10.1. The smallest absolute Gasteiger partial charge is 0.241 e. The second-order valence-corrected chi connectivity index (χ2v) is 5.98. The Balaban J connectivity index is 1.66. The molecule has 0 spiro atoms. The van der Waals surface area contributed by atoms with Crippen molar-refractivity contribution in [3.05, 3.63) is 47.5 Å². The number of aromatic hydroxyl groups is 2. The van der Waals surface area contributed by atoms with Crippen LogP contribution in [0.3, 0.4) is 0 Å². The topological polar surface area (TPSA) is 112 Å². The monoisotopic (exact) mass is 387 g/mol. The summed E-state index contributed by atoms with van der Waals surface area (Å²) in [5.41, 5.74) is 3.89. The standard InChI is InChI=1S/C20H25N3O5/c1-27-18-6-3-14(11-19(18)28-2)7-9-21-10-8-20(26)23-22-13-15-4-5-16(24)12-17(15)25/h3-6,11-13,21,24-25H,7-10H2,1-2H3,(H,23,26)/b22-13-. The number of hydrazone groups is 1. The van der Waals surface area contributed by atoms with Gasteiger partial charge in [-0.15, -0.1) is 0 Å². The van der Waals surface area contributed by atoms with Crippen molar-refractivity contribution in [3.63, 3.8) is 0 Å². The molecule has 0 aromatic heterocycles. The largest absolute Gasteiger partial charge is 0.508 e. The second-order valence-electron chi connectivity index (χ2n) is 5.98. The van der Waals surface area contributed by atoms with Gasteiger partial charge in [-0.2, -0.15) is 5.10 Å². The summed E-state index contributed by atoms with van der Waals surface area (Å²) in [6.45, 7) is 1.23. The fourth-order valence-electron chi connectivity index (χ4n) is 2.47. The lowest BCUT2D eigenvalue weighted by Gasteiger charge is -2.10. The molecule has 0 radical (unpaired) electrons. The molecule has 0 aliphatic heterocycles. The molecule has 2 aromatic carbocycles. The minimum atomic E-state index is -0.242. The molecule has 0 heterocycles. The summed E-state index contributed by atoms with van der Waals surface area (Å²) in [7, 11) is 3.20. The third-order valence-electron chi connectivity index (χ3n) is 3.97. The van der Waals surface area contributed by atoms with Gasteiger partial charge in [0.1, 0.15) is 11.5 Å². The highest BCUT2D eigenvalue weighted by Crippen LogP contribution is 2.27. The fourth-order valence-corrected chi connectivity index (χ4v) is 2.47. The first-order valence-corrected chi connectivity index (χ1v) is 8.79. The molecular formula is C20H25N3O5. The number of carbonyl (C=O) groups is 1. The average molecular weight is 387 g/mol. The zero-order valence-electron chi connectivity index (χ0n) is 15.9. The SMILES string of the molecule is COc1ccc(CCNCCC(=O)N/N=C\c2ccc(O)cc2O)cc1OC. The summed E-state index contributed by atoms with van der Waals surface area (Å²) in [5, 5.41) is 25.8. The van der Waals surface area contributed by atoms with Gasteiger partial charge in [-0.1, -0.05) is 6.07 Å². The quantitative estimate of drug-likeness (QED) is 0.281. The van der Waals surface area contributed by atoms with Crippen LogP contribution in [0, 0.1) is 0 Å². The van der Waals surface area contributed by atoms with Gasteiger partial charge >= 0.3 is 0 Å². The summed E-state index contributed by atoms with van der Waals surface area (Å²) >= 11 is 0. The molecule has 0 saturated carbocycles. The van der Waals surface area contributed by atoms with E-state index >= 15 is 0 Å². The summed E-state index contributed by atoms with van der Waals surface area (Å²) in [4.78, 5) is 11.8. The first kappa shape index (κ1) is 21.0. The number of phenolic OH excluding ortho intramolecular Hbond substituents is 2. The lowest BCUT2D eigenvalue weighted by molar-refractivity contribution is -0.120. The molecule has 8 heteroatoms. The van der Waals surface area contributed by atoms with Gasteiger partial charge < -0.3 is 25.0 Å². The van der Waals surface area contributed by atoms with E-state index in [0.29, 0.717) is 30.2 Å². The van der Waals surface area contributed by atoms with E-state index in [1.807, 2.05) is 18.2 Å². The number of nitrogens with one attached hydrogen (secondary N) is 2. The lowest BCUT2D eigenvalue weighted by Crippen LogP contribution is -2.25. The maximum Gasteiger partial charge on any atom is 0.241 e. The third kappa shape index (κ3) is 6.48. The number of hydrogen-bond donors (Lipinski definition) is 4. The Kier molecular flexibility index (Phi) is 8.11. The van der Waals surface area contributed by atoms with Crippen LogP contribution in [0.15, 0.2) is 41.5 Å². The molecule has 0 fully saturated rings. The first-order valence-electron chi connectivity index (χ1n) is 8.79. The van der Waals surface area contributed by atoms with Crippen LogP contribution >= 0.6 is 0 Å². The Hall–Kier alpha value is -3.26. The predicted octanol–water partition coefficient (Wildman–Crippen LogP) is 1.79. The predicted molar refractivity (Wildman–Crippen MR) is 106 cm³/mol. The summed E-state index contributed by atoms with van der Waals surface area (Å²) < 4.78 is 10.5. The van der Waals surface area contributed by atoms with Crippen LogP contribution in [0.1, 0.15) is 17.5 Å². The maximum absolute atomic E-state index is 11.8. The van der Waals surface area contributed by atoms with Crippen molar-refractivity contribution < 1.29 is 24.5 Å². The van der Waals surface area contributed by atoms with Gasteiger partial charge in [-0.05, 0) is 42.8 Å². The number of amides is 1. The van der Waals surface area contributed by atoms with E-state index in [0.717, 1.165) is 12.0 Å². The number of phenols is 2. The Morgan fingerprint density at radius 2 is 1.86 bits per heavy atom. The Labute approximate surface area is 163 Å². The van der Waals surface area contributed by atoms with Crippen LogP contribution in [-0.4, -0.2) is 49.6 Å². The Morgan fingerprint density at radius 1 is 1.07 bits per heavy atom. The van der Waals surface area contributed by atoms with E-state index in [1.165, 1.54) is 24.4 Å².